The molecule has 154 valence electrons. The lowest BCUT2D eigenvalue weighted by atomic mass is 10.1. The van der Waals surface area contributed by atoms with Gasteiger partial charge in [0.15, 0.2) is 5.69 Å². The zero-order valence-corrected chi connectivity index (χ0v) is 16.6. The lowest BCUT2D eigenvalue weighted by Crippen LogP contribution is -2.42. The molecular weight excluding hydrogens is 394 g/mol. The monoisotopic (exact) mass is 413 g/mol. The first-order valence-corrected chi connectivity index (χ1v) is 9.47. The van der Waals surface area contributed by atoms with E-state index >= 15 is 0 Å². The van der Waals surface area contributed by atoms with Crippen molar-refractivity contribution in [2.24, 2.45) is 0 Å². The van der Waals surface area contributed by atoms with Crippen molar-refractivity contribution in [2.45, 2.75) is 0 Å². The highest BCUT2D eigenvalue weighted by molar-refractivity contribution is 5.97. The van der Waals surface area contributed by atoms with E-state index in [1.54, 1.807) is 36.1 Å². The second-order valence-corrected chi connectivity index (χ2v) is 6.51. The van der Waals surface area contributed by atoms with E-state index in [4.69, 9.17) is 4.74 Å². The summed E-state index contributed by atoms with van der Waals surface area (Å²) in [6, 6.07) is 23.5. The number of carbonyl (C=O) groups excluding carboxylic acids is 2. The van der Waals surface area contributed by atoms with Crippen LogP contribution < -0.4 is 15.6 Å². The second-order valence-electron chi connectivity index (χ2n) is 6.51. The molecule has 2 amide bonds. The highest BCUT2D eigenvalue weighted by Crippen LogP contribution is 2.26. The van der Waals surface area contributed by atoms with E-state index < -0.39 is 11.8 Å². The Hall–Kier alpha value is -4.46. The first-order valence-electron chi connectivity index (χ1n) is 9.47. The van der Waals surface area contributed by atoms with Crippen LogP contribution in [0, 0.1) is 0 Å². The van der Waals surface area contributed by atoms with Gasteiger partial charge in [0, 0.05) is 11.8 Å². The predicted octanol–water partition coefficient (Wildman–Crippen LogP) is 3.02. The van der Waals surface area contributed by atoms with Gasteiger partial charge in [-0.05, 0) is 54.6 Å². The third-order valence-corrected chi connectivity index (χ3v) is 4.52. The molecule has 0 saturated heterocycles. The van der Waals surface area contributed by atoms with Crippen LogP contribution in [0.5, 0.6) is 5.75 Å². The van der Waals surface area contributed by atoms with Gasteiger partial charge in [0.2, 0.25) is 0 Å². The van der Waals surface area contributed by atoms with Gasteiger partial charge in [-0.25, -0.2) is 4.68 Å². The molecule has 4 rings (SSSR count). The first kappa shape index (κ1) is 19.8. The topological polar surface area (TPSA) is 98.1 Å². The largest absolute Gasteiger partial charge is 0.497 e. The summed E-state index contributed by atoms with van der Waals surface area (Å²) < 4.78 is 6.90. The maximum atomic E-state index is 12.7. The minimum absolute atomic E-state index is 0.149. The van der Waals surface area contributed by atoms with Crippen molar-refractivity contribution in [2.75, 3.05) is 7.11 Å². The summed E-state index contributed by atoms with van der Waals surface area (Å²) >= 11 is 0. The van der Waals surface area contributed by atoms with Crippen LogP contribution in [0.4, 0.5) is 0 Å². The third-order valence-electron chi connectivity index (χ3n) is 4.52. The van der Waals surface area contributed by atoms with Crippen LogP contribution >= 0.6 is 0 Å². The Morgan fingerprint density at radius 1 is 0.839 bits per heavy atom. The number of aromatic nitrogens is 3. The Labute approximate surface area is 178 Å². The summed E-state index contributed by atoms with van der Waals surface area (Å²) in [4.78, 5) is 28.7. The Morgan fingerprint density at radius 3 is 2.16 bits per heavy atom. The SMILES string of the molecule is COc1ccc(-c2cc(C(=O)NNC(=O)c3ccccn3)nn2-c2ccccc2)cc1. The smallest absolute Gasteiger partial charge is 0.290 e. The van der Waals surface area contributed by atoms with E-state index in [0.717, 1.165) is 22.7 Å². The van der Waals surface area contributed by atoms with Gasteiger partial charge in [0.05, 0.1) is 18.5 Å². The zero-order chi connectivity index (χ0) is 21.6. The Morgan fingerprint density at radius 2 is 1.52 bits per heavy atom. The molecule has 0 saturated carbocycles. The number of hydrogen-bond donors (Lipinski definition) is 2. The fourth-order valence-corrected chi connectivity index (χ4v) is 2.96. The third kappa shape index (κ3) is 4.43. The minimum Gasteiger partial charge on any atom is -0.497 e. The van der Waals surface area contributed by atoms with E-state index in [-0.39, 0.29) is 11.4 Å². The molecule has 0 spiro atoms. The first-order chi connectivity index (χ1) is 15.2. The molecule has 8 heteroatoms. The van der Waals surface area contributed by atoms with Crippen LogP contribution in [-0.4, -0.2) is 33.7 Å². The van der Waals surface area contributed by atoms with Crippen LogP contribution in [0.25, 0.3) is 16.9 Å². The number of rotatable bonds is 5. The van der Waals surface area contributed by atoms with Crippen LogP contribution in [-0.2, 0) is 0 Å². The molecule has 2 aromatic carbocycles. The van der Waals surface area contributed by atoms with Crippen LogP contribution in [0.3, 0.4) is 0 Å². The maximum Gasteiger partial charge on any atom is 0.290 e. The Kier molecular flexibility index (Phi) is 5.70. The normalized spacial score (nSPS) is 10.4. The number of nitrogens with one attached hydrogen (secondary N) is 2. The minimum atomic E-state index is -0.547. The van der Waals surface area contributed by atoms with E-state index in [1.165, 1.54) is 6.20 Å². The number of amides is 2. The number of hydrogen-bond acceptors (Lipinski definition) is 5. The molecule has 31 heavy (non-hydrogen) atoms. The van der Waals surface area contributed by atoms with Gasteiger partial charge in [-0.2, -0.15) is 5.10 Å². The van der Waals surface area contributed by atoms with Crippen molar-refractivity contribution in [3.05, 3.63) is 96.4 Å². The van der Waals surface area contributed by atoms with Gasteiger partial charge in [0.25, 0.3) is 11.8 Å². The van der Waals surface area contributed by atoms with E-state index in [9.17, 15) is 9.59 Å². The number of benzene rings is 2. The maximum absolute atomic E-state index is 12.7. The molecule has 0 unspecified atom stereocenters. The number of para-hydroxylation sites is 1. The highest BCUT2D eigenvalue weighted by atomic mass is 16.5. The molecule has 0 aliphatic heterocycles. The molecule has 0 aliphatic carbocycles. The van der Waals surface area contributed by atoms with Crippen molar-refractivity contribution >= 4 is 11.8 Å². The Balaban J connectivity index is 1.61. The van der Waals surface area contributed by atoms with Crippen molar-refractivity contribution < 1.29 is 14.3 Å². The lowest BCUT2D eigenvalue weighted by Gasteiger charge is -2.08. The van der Waals surface area contributed by atoms with Gasteiger partial charge in [0.1, 0.15) is 11.4 Å². The van der Waals surface area contributed by atoms with E-state index in [0.29, 0.717) is 0 Å². The van der Waals surface area contributed by atoms with Crippen molar-refractivity contribution in [1.29, 1.82) is 0 Å². The molecule has 0 fully saturated rings. The number of pyridine rings is 1. The predicted molar refractivity (Wildman–Crippen MR) is 115 cm³/mol. The van der Waals surface area contributed by atoms with Crippen molar-refractivity contribution in [3.8, 4) is 22.7 Å². The van der Waals surface area contributed by atoms with Crippen molar-refractivity contribution in [1.82, 2.24) is 25.6 Å². The van der Waals surface area contributed by atoms with Crippen molar-refractivity contribution in [3.63, 3.8) is 0 Å². The summed E-state index contributed by atoms with van der Waals surface area (Å²) in [5.74, 6) is -0.342. The summed E-state index contributed by atoms with van der Waals surface area (Å²) in [5.41, 5.74) is 7.45. The number of carbonyl (C=O) groups is 2. The van der Waals surface area contributed by atoms with Crippen LogP contribution in [0.15, 0.2) is 85.1 Å². The summed E-state index contributed by atoms with van der Waals surface area (Å²) in [5, 5.41) is 4.46. The second kappa shape index (κ2) is 8.91. The quantitative estimate of drug-likeness (QED) is 0.490. The number of methoxy groups -OCH3 is 1. The summed E-state index contributed by atoms with van der Waals surface area (Å²) in [6.07, 6.45) is 1.50. The van der Waals surface area contributed by atoms with E-state index in [1.807, 2.05) is 54.6 Å². The average Bonchev–Trinajstić information content (AvgIpc) is 3.29. The molecule has 8 nitrogen and oxygen atoms in total. The molecule has 0 radical (unpaired) electrons. The molecule has 2 aromatic heterocycles. The Bertz CT molecular complexity index is 1190. The zero-order valence-electron chi connectivity index (χ0n) is 16.6. The van der Waals surface area contributed by atoms with E-state index in [2.05, 4.69) is 20.9 Å². The summed E-state index contributed by atoms with van der Waals surface area (Å²) in [6.45, 7) is 0. The molecular formula is C23H19N5O3. The van der Waals surface area contributed by atoms with Gasteiger partial charge in [-0.15, -0.1) is 0 Å². The number of hydrazine groups is 1. The average molecular weight is 413 g/mol. The molecule has 0 atom stereocenters. The number of nitrogens with zero attached hydrogens (tertiary/aromatic N) is 3. The van der Waals surface area contributed by atoms with Gasteiger partial charge >= 0.3 is 0 Å². The lowest BCUT2D eigenvalue weighted by molar-refractivity contribution is 0.0841. The molecule has 4 aromatic rings. The van der Waals surface area contributed by atoms with Crippen LogP contribution in [0.2, 0.25) is 0 Å². The van der Waals surface area contributed by atoms with Gasteiger partial charge in [-0.1, -0.05) is 24.3 Å². The molecule has 0 bridgehead atoms. The molecule has 2 heterocycles. The molecule has 0 aliphatic rings. The summed E-state index contributed by atoms with van der Waals surface area (Å²) in [7, 11) is 1.60. The highest BCUT2D eigenvalue weighted by Gasteiger charge is 2.18. The standard InChI is InChI=1S/C23H19N5O3/c1-31-18-12-10-16(11-13-18)21-15-20(27-28(21)17-7-3-2-4-8-17)23(30)26-25-22(29)19-9-5-6-14-24-19/h2-15H,1H3,(H,25,29)(H,26,30). The fraction of sp³-hybridized carbons (Fsp3) is 0.0435. The van der Waals surface area contributed by atoms with Crippen LogP contribution in [0.1, 0.15) is 21.0 Å². The fourth-order valence-electron chi connectivity index (χ4n) is 2.96. The van der Waals surface area contributed by atoms with Gasteiger partial charge in [-0.3, -0.25) is 25.4 Å². The molecule has 2 N–H and O–H groups in total. The van der Waals surface area contributed by atoms with Gasteiger partial charge < -0.3 is 4.74 Å². The number of ether oxygens (including phenoxy) is 1.